The van der Waals surface area contributed by atoms with Gasteiger partial charge in [0, 0.05) is 35.0 Å². The Kier molecular flexibility index (Phi) is 5.57. The molecule has 0 bridgehead atoms. The van der Waals surface area contributed by atoms with Gasteiger partial charge in [0.2, 0.25) is 11.8 Å². The summed E-state index contributed by atoms with van der Waals surface area (Å²) < 4.78 is 5.82. The maximum atomic E-state index is 12.5. The van der Waals surface area contributed by atoms with Crippen LogP contribution in [-0.4, -0.2) is 29.1 Å². The molecule has 0 atom stereocenters. The predicted octanol–water partition coefficient (Wildman–Crippen LogP) is 4.32. The summed E-state index contributed by atoms with van der Waals surface area (Å²) in [6, 6.07) is 21.4. The molecule has 4 rings (SSSR count). The molecular formula is C24H20N4O3. The van der Waals surface area contributed by atoms with E-state index in [1.54, 1.807) is 55.6 Å². The van der Waals surface area contributed by atoms with Gasteiger partial charge in [-0.3, -0.25) is 9.59 Å². The molecule has 3 aromatic carbocycles. The average Bonchev–Trinajstić information content (AvgIpc) is 3.29. The molecule has 2 N–H and O–H groups in total. The SMILES string of the molecule is CNC(=O)c1ccc(NC(=O)c2ccc(-c3nnc(-c4ccccc4C)o3)cc2)cc1. The minimum absolute atomic E-state index is 0.180. The Balaban J connectivity index is 1.46. The van der Waals surface area contributed by atoms with Crippen molar-refractivity contribution in [3.8, 4) is 22.9 Å². The summed E-state index contributed by atoms with van der Waals surface area (Å²) in [4.78, 5) is 24.1. The second-order valence-corrected chi connectivity index (χ2v) is 6.92. The zero-order chi connectivity index (χ0) is 21.8. The average molecular weight is 412 g/mol. The van der Waals surface area contributed by atoms with E-state index in [0.29, 0.717) is 28.6 Å². The predicted molar refractivity (Wildman–Crippen MR) is 118 cm³/mol. The molecule has 0 aliphatic carbocycles. The Bertz CT molecular complexity index is 1230. The van der Waals surface area contributed by atoms with Crippen LogP contribution in [0.4, 0.5) is 5.69 Å². The van der Waals surface area contributed by atoms with E-state index >= 15 is 0 Å². The normalized spacial score (nSPS) is 10.5. The zero-order valence-electron chi connectivity index (χ0n) is 17.0. The lowest BCUT2D eigenvalue weighted by molar-refractivity contribution is 0.0962. The van der Waals surface area contributed by atoms with Crippen molar-refractivity contribution >= 4 is 17.5 Å². The van der Waals surface area contributed by atoms with Gasteiger partial charge in [0.25, 0.3) is 11.8 Å². The van der Waals surface area contributed by atoms with Gasteiger partial charge in [-0.25, -0.2) is 0 Å². The van der Waals surface area contributed by atoms with Gasteiger partial charge in [0.15, 0.2) is 0 Å². The molecule has 0 aliphatic heterocycles. The van der Waals surface area contributed by atoms with E-state index in [2.05, 4.69) is 20.8 Å². The fraction of sp³-hybridized carbons (Fsp3) is 0.0833. The minimum Gasteiger partial charge on any atom is -0.416 e. The van der Waals surface area contributed by atoms with Crippen molar-refractivity contribution in [2.45, 2.75) is 6.92 Å². The molecule has 31 heavy (non-hydrogen) atoms. The number of hydrogen-bond donors (Lipinski definition) is 2. The van der Waals surface area contributed by atoms with E-state index < -0.39 is 0 Å². The lowest BCUT2D eigenvalue weighted by atomic mass is 10.1. The van der Waals surface area contributed by atoms with Gasteiger partial charge in [-0.05, 0) is 67.1 Å². The highest BCUT2D eigenvalue weighted by molar-refractivity contribution is 6.04. The maximum absolute atomic E-state index is 12.5. The maximum Gasteiger partial charge on any atom is 0.255 e. The van der Waals surface area contributed by atoms with Crippen LogP contribution in [0.3, 0.4) is 0 Å². The number of aryl methyl sites for hydroxylation is 1. The summed E-state index contributed by atoms with van der Waals surface area (Å²) in [5.41, 5.74) is 4.26. The number of nitrogens with one attached hydrogen (secondary N) is 2. The van der Waals surface area contributed by atoms with Crippen LogP contribution in [0, 0.1) is 6.92 Å². The lowest BCUT2D eigenvalue weighted by Crippen LogP contribution is -2.17. The van der Waals surface area contributed by atoms with Crippen molar-refractivity contribution in [3.63, 3.8) is 0 Å². The smallest absolute Gasteiger partial charge is 0.255 e. The quantitative estimate of drug-likeness (QED) is 0.509. The highest BCUT2D eigenvalue weighted by Crippen LogP contribution is 2.26. The molecule has 0 radical (unpaired) electrons. The van der Waals surface area contributed by atoms with E-state index in [-0.39, 0.29) is 11.8 Å². The fourth-order valence-corrected chi connectivity index (χ4v) is 3.08. The number of aromatic nitrogens is 2. The molecule has 7 nitrogen and oxygen atoms in total. The third kappa shape index (κ3) is 4.35. The van der Waals surface area contributed by atoms with Crippen LogP contribution in [-0.2, 0) is 0 Å². The largest absolute Gasteiger partial charge is 0.416 e. The zero-order valence-corrected chi connectivity index (χ0v) is 17.0. The van der Waals surface area contributed by atoms with Crippen molar-refractivity contribution in [3.05, 3.63) is 89.5 Å². The summed E-state index contributed by atoms with van der Waals surface area (Å²) in [7, 11) is 1.57. The number of amides is 2. The van der Waals surface area contributed by atoms with Crippen LogP contribution in [0.15, 0.2) is 77.2 Å². The van der Waals surface area contributed by atoms with E-state index in [4.69, 9.17) is 4.42 Å². The summed E-state index contributed by atoms with van der Waals surface area (Å²) in [6.07, 6.45) is 0. The second-order valence-electron chi connectivity index (χ2n) is 6.92. The van der Waals surface area contributed by atoms with Crippen LogP contribution >= 0.6 is 0 Å². The number of hydrogen-bond acceptors (Lipinski definition) is 5. The molecule has 1 heterocycles. The van der Waals surface area contributed by atoms with Gasteiger partial charge in [-0.1, -0.05) is 18.2 Å². The molecule has 1 aromatic heterocycles. The number of rotatable bonds is 5. The summed E-state index contributed by atoms with van der Waals surface area (Å²) in [5, 5.41) is 13.6. The van der Waals surface area contributed by atoms with Gasteiger partial charge < -0.3 is 15.1 Å². The fourth-order valence-electron chi connectivity index (χ4n) is 3.08. The van der Waals surface area contributed by atoms with Crippen molar-refractivity contribution < 1.29 is 14.0 Å². The summed E-state index contributed by atoms with van der Waals surface area (Å²) >= 11 is 0. The van der Waals surface area contributed by atoms with Gasteiger partial charge in [0.1, 0.15) is 0 Å². The first-order valence-corrected chi connectivity index (χ1v) is 9.68. The van der Waals surface area contributed by atoms with E-state index in [9.17, 15) is 9.59 Å². The monoisotopic (exact) mass is 412 g/mol. The molecule has 2 amide bonds. The molecule has 0 spiro atoms. The first-order chi connectivity index (χ1) is 15.0. The molecule has 0 saturated heterocycles. The lowest BCUT2D eigenvalue weighted by Gasteiger charge is -2.07. The molecule has 0 saturated carbocycles. The molecule has 0 fully saturated rings. The number of nitrogens with zero attached hydrogens (tertiary/aromatic N) is 2. The first kappa shape index (κ1) is 20.0. The molecule has 0 unspecified atom stereocenters. The van der Waals surface area contributed by atoms with Gasteiger partial charge in [-0.15, -0.1) is 10.2 Å². The van der Waals surface area contributed by atoms with Crippen LogP contribution in [0.5, 0.6) is 0 Å². The van der Waals surface area contributed by atoms with E-state index in [1.165, 1.54) is 0 Å². The Morgan fingerprint density at radius 1 is 0.774 bits per heavy atom. The Morgan fingerprint density at radius 2 is 1.39 bits per heavy atom. The number of carbonyl (C=O) groups is 2. The number of anilines is 1. The van der Waals surface area contributed by atoms with Gasteiger partial charge >= 0.3 is 0 Å². The second kappa shape index (κ2) is 8.62. The molecular weight excluding hydrogens is 392 g/mol. The summed E-state index contributed by atoms with van der Waals surface area (Å²) in [5.74, 6) is 0.399. The third-order valence-electron chi connectivity index (χ3n) is 4.83. The van der Waals surface area contributed by atoms with E-state index in [1.807, 2.05) is 31.2 Å². The van der Waals surface area contributed by atoms with Gasteiger partial charge in [0.05, 0.1) is 0 Å². The Hall–Kier alpha value is -4.26. The topological polar surface area (TPSA) is 97.1 Å². The first-order valence-electron chi connectivity index (χ1n) is 9.68. The van der Waals surface area contributed by atoms with Crippen LogP contribution in [0.1, 0.15) is 26.3 Å². The van der Waals surface area contributed by atoms with Gasteiger partial charge in [-0.2, -0.15) is 0 Å². The number of benzene rings is 3. The van der Waals surface area contributed by atoms with Crippen LogP contribution < -0.4 is 10.6 Å². The third-order valence-corrected chi connectivity index (χ3v) is 4.83. The number of carbonyl (C=O) groups excluding carboxylic acids is 2. The molecule has 4 aromatic rings. The van der Waals surface area contributed by atoms with Crippen LogP contribution in [0.25, 0.3) is 22.9 Å². The van der Waals surface area contributed by atoms with Crippen molar-refractivity contribution in [1.82, 2.24) is 15.5 Å². The van der Waals surface area contributed by atoms with Crippen molar-refractivity contribution in [2.24, 2.45) is 0 Å². The Labute approximate surface area is 179 Å². The molecule has 7 heteroatoms. The molecule has 0 aliphatic rings. The van der Waals surface area contributed by atoms with Crippen molar-refractivity contribution in [1.29, 1.82) is 0 Å². The Morgan fingerprint density at radius 3 is 2.06 bits per heavy atom. The molecule has 154 valence electrons. The van der Waals surface area contributed by atoms with Crippen molar-refractivity contribution in [2.75, 3.05) is 12.4 Å². The van der Waals surface area contributed by atoms with E-state index in [0.717, 1.165) is 16.7 Å². The van der Waals surface area contributed by atoms with Crippen LogP contribution in [0.2, 0.25) is 0 Å². The standard InChI is InChI=1S/C24H20N4O3/c1-15-5-3-4-6-20(15)24-28-27-23(31-24)18-9-7-17(8-10-18)22(30)26-19-13-11-16(12-14-19)21(29)25-2/h3-14H,1-2H3,(H,25,29)(H,26,30). The minimum atomic E-state index is -0.259. The summed E-state index contributed by atoms with van der Waals surface area (Å²) in [6.45, 7) is 1.98. The highest BCUT2D eigenvalue weighted by Gasteiger charge is 2.13. The highest BCUT2D eigenvalue weighted by atomic mass is 16.4.